The van der Waals surface area contributed by atoms with Crippen LogP contribution in [-0.2, 0) is 24.4 Å². The highest BCUT2D eigenvalue weighted by atomic mass is 32.2. The van der Waals surface area contributed by atoms with Gasteiger partial charge in [0.15, 0.2) is 0 Å². The minimum absolute atomic E-state index is 0.0178. The summed E-state index contributed by atoms with van der Waals surface area (Å²) >= 11 is 1.46. The largest absolute Gasteiger partial charge is 0.357 e. The number of aromatic nitrogens is 4. The maximum Gasteiger partial charge on any atom is 0.234 e. The number of primary sulfonamides is 1. The first-order valence-corrected chi connectivity index (χ1v) is 23.5. The van der Waals surface area contributed by atoms with E-state index in [1.807, 2.05) is 17.0 Å². The Kier molecular flexibility index (Phi) is 12.7. The summed E-state index contributed by atoms with van der Waals surface area (Å²) in [6, 6.07) is 10.4. The molecule has 4 saturated heterocycles. The van der Waals surface area contributed by atoms with Gasteiger partial charge in [0.25, 0.3) is 0 Å². The van der Waals surface area contributed by atoms with Crippen molar-refractivity contribution >= 4 is 44.9 Å². The minimum Gasteiger partial charge on any atom is -0.357 e. The van der Waals surface area contributed by atoms with Crippen molar-refractivity contribution in [2.45, 2.75) is 81.8 Å². The topological polar surface area (TPSA) is 185 Å². The SMILES string of the molecule is CCC(c1cccc(-c2nc(C3CCN(C(=O)C4CCN(CC5CCN(c6ccc(C7CCC(=O)NC7=O)cn6)CC5)CC4)CC3)sc2-c2ccncn2)c1F)S(N)(=O)=O. The van der Waals surface area contributed by atoms with Crippen LogP contribution in [0.5, 0.6) is 0 Å². The van der Waals surface area contributed by atoms with Crippen LogP contribution in [0.15, 0.2) is 55.1 Å². The molecule has 7 heterocycles. The average Bonchev–Trinajstić information content (AvgIpc) is 3.70. The van der Waals surface area contributed by atoms with Crippen molar-refractivity contribution in [3.8, 4) is 21.8 Å². The molecule has 4 aliphatic heterocycles. The van der Waals surface area contributed by atoms with E-state index in [1.54, 1.807) is 37.5 Å². The second kappa shape index (κ2) is 18.1. The highest BCUT2D eigenvalue weighted by Gasteiger charge is 2.35. The lowest BCUT2D eigenvalue weighted by Crippen LogP contribution is -2.46. The van der Waals surface area contributed by atoms with E-state index < -0.39 is 21.1 Å². The fraction of sp³-hybridized carbons (Fsp3) is 0.512. The molecule has 3 aromatic heterocycles. The number of halogens is 1. The standard InChI is InChI=1S/C43H52FN9O5S2/c1-2-35(60(45,57)58)32-4-3-5-33(38(32)44)39-40(34-10-17-46-26-48-34)59-42(50-39)28-15-22-53(23-16-28)43(56)29-13-18-51(19-14-29)25-27-11-20-52(21-12-27)36-8-6-30(24-47-36)31-7-9-37(54)49-41(31)55/h3-6,8,10,17,24,26-29,31,35H,2,7,9,11-16,18-23,25H2,1H3,(H2,45,57,58)(H,49,54,55). The Morgan fingerprint density at radius 1 is 0.967 bits per heavy atom. The number of amides is 3. The molecule has 3 N–H and O–H groups in total. The molecular formula is C43H52FN9O5S2. The van der Waals surface area contributed by atoms with Crippen LogP contribution < -0.4 is 15.4 Å². The summed E-state index contributed by atoms with van der Waals surface area (Å²) in [6.07, 6.45) is 11.2. The summed E-state index contributed by atoms with van der Waals surface area (Å²) in [7, 11) is -4.04. The molecule has 3 amide bonds. The third kappa shape index (κ3) is 9.14. The van der Waals surface area contributed by atoms with E-state index in [-0.39, 0.29) is 53.0 Å². The van der Waals surface area contributed by atoms with Gasteiger partial charge in [-0.05, 0) is 94.1 Å². The quantitative estimate of drug-likeness (QED) is 0.184. The van der Waals surface area contributed by atoms with Gasteiger partial charge in [-0.2, -0.15) is 0 Å². The normalized spacial score (nSPS) is 20.9. The van der Waals surface area contributed by atoms with Gasteiger partial charge in [-0.3, -0.25) is 19.7 Å². The van der Waals surface area contributed by atoms with Crippen molar-refractivity contribution < 1.29 is 27.2 Å². The number of nitrogens with two attached hydrogens (primary N) is 1. The Morgan fingerprint density at radius 2 is 1.73 bits per heavy atom. The molecule has 0 aliphatic carbocycles. The molecule has 4 aliphatic rings. The van der Waals surface area contributed by atoms with E-state index in [9.17, 15) is 22.8 Å². The monoisotopic (exact) mass is 857 g/mol. The van der Waals surface area contributed by atoms with Crippen LogP contribution in [-0.4, -0.2) is 102 Å². The average molecular weight is 858 g/mol. The van der Waals surface area contributed by atoms with Crippen LogP contribution in [0.4, 0.5) is 10.2 Å². The molecule has 1 aromatic carbocycles. The lowest BCUT2D eigenvalue weighted by atomic mass is 9.90. The van der Waals surface area contributed by atoms with Gasteiger partial charge < -0.3 is 14.7 Å². The lowest BCUT2D eigenvalue weighted by Gasteiger charge is -2.39. The molecule has 0 bridgehead atoms. The predicted molar refractivity (Wildman–Crippen MR) is 227 cm³/mol. The van der Waals surface area contributed by atoms with Crippen molar-refractivity contribution in [2.24, 2.45) is 17.0 Å². The van der Waals surface area contributed by atoms with Crippen molar-refractivity contribution in [3.05, 3.63) is 77.1 Å². The third-order valence-electron chi connectivity index (χ3n) is 12.8. The van der Waals surface area contributed by atoms with Crippen LogP contribution in [0.2, 0.25) is 0 Å². The molecule has 2 atom stereocenters. The number of benzene rings is 1. The second-order valence-electron chi connectivity index (χ2n) is 16.6. The second-order valence-corrected chi connectivity index (χ2v) is 19.4. The Balaban J connectivity index is 0.829. The van der Waals surface area contributed by atoms with Crippen LogP contribution in [0, 0.1) is 17.7 Å². The molecule has 2 unspecified atom stereocenters. The molecule has 0 saturated carbocycles. The number of carbonyl (C=O) groups is 3. The highest BCUT2D eigenvalue weighted by Crippen LogP contribution is 2.43. The molecule has 14 nitrogen and oxygen atoms in total. The Morgan fingerprint density at radius 3 is 2.38 bits per heavy atom. The molecule has 4 aromatic rings. The minimum atomic E-state index is -4.04. The number of imide groups is 1. The number of nitrogens with zero attached hydrogens (tertiary/aromatic N) is 7. The van der Waals surface area contributed by atoms with E-state index in [0.29, 0.717) is 48.1 Å². The number of anilines is 1. The molecule has 17 heteroatoms. The number of likely N-dealkylation sites (tertiary alicyclic amines) is 2. The Hall–Kier alpha value is -4.71. The van der Waals surface area contributed by atoms with Gasteiger partial charge in [0.05, 0.1) is 27.2 Å². The summed E-state index contributed by atoms with van der Waals surface area (Å²) < 4.78 is 40.9. The Bertz CT molecular complexity index is 2290. The zero-order valence-electron chi connectivity index (χ0n) is 33.8. The third-order valence-corrected chi connectivity index (χ3v) is 15.4. The van der Waals surface area contributed by atoms with Crippen LogP contribution in [0.25, 0.3) is 21.8 Å². The van der Waals surface area contributed by atoms with E-state index >= 15 is 4.39 Å². The summed E-state index contributed by atoms with van der Waals surface area (Å²) in [5.74, 6) is 0.391. The number of nitrogens with one attached hydrogen (secondary N) is 1. The first-order valence-electron chi connectivity index (χ1n) is 21.1. The number of piperidine rings is 4. The first-order chi connectivity index (χ1) is 29.0. The van der Waals surface area contributed by atoms with E-state index in [1.165, 1.54) is 23.7 Å². The number of carbonyl (C=O) groups excluding carboxylic acids is 3. The molecule has 8 rings (SSSR count). The van der Waals surface area contributed by atoms with Crippen molar-refractivity contribution in [1.82, 2.24) is 35.1 Å². The number of sulfonamides is 1. The molecule has 0 radical (unpaired) electrons. The number of hydrogen-bond donors (Lipinski definition) is 2. The van der Waals surface area contributed by atoms with Crippen LogP contribution >= 0.6 is 11.3 Å². The van der Waals surface area contributed by atoms with Crippen molar-refractivity contribution in [3.63, 3.8) is 0 Å². The van der Waals surface area contributed by atoms with Crippen molar-refractivity contribution in [1.29, 1.82) is 0 Å². The number of pyridine rings is 1. The summed E-state index contributed by atoms with van der Waals surface area (Å²) in [4.78, 5) is 63.3. The number of thiazole rings is 1. The molecule has 318 valence electrons. The predicted octanol–water partition coefficient (Wildman–Crippen LogP) is 5.40. The first kappa shape index (κ1) is 42.0. The van der Waals surface area contributed by atoms with Gasteiger partial charge in [-0.1, -0.05) is 25.1 Å². The highest BCUT2D eigenvalue weighted by molar-refractivity contribution is 7.89. The Labute approximate surface area is 354 Å². The number of hydrogen-bond acceptors (Lipinski definition) is 12. The van der Waals surface area contributed by atoms with Crippen LogP contribution in [0.1, 0.15) is 97.9 Å². The molecule has 0 spiro atoms. The summed E-state index contributed by atoms with van der Waals surface area (Å²) in [5, 5.41) is 7.58. The van der Waals surface area contributed by atoms with E-state index in [0.717, 1.165) is 87.6 Å². The van der Waals surface area contributed by atoms with E-state index in [4.69, 9.17) is 10.1 Å². The van der Waals surface area contributed by atoms with Gasteiger partial charge >= 0.3 is 0 Å². The zero-order valence-corrected chi connectivity index (χ0v) is 35.5. The van der Waals surface area contributed by atoms with Gasteiger partial charge in [0, 0.05) is 74.5 Å². The maximum absolute atomic E-state index is 16.2. The number of rotatable bonds is 11. The molecule has 4 fully saturated rings. The fourth-order valence-corrected chi connectivity index (χ4v) is 11.6. The smallest absolute Gasteiger partial charge is 0.234 e. The molecular weight excluding hydrogens is 806 g/mol. The van der Waals surface area contributed by atoms with Gasteiger partial charge in [0.2, 0.25) is 27.7 Å². The summed E-state index contributed by atoms with van der Waals surface area (Å²) in [5.41, 5.74) is 2.07. The lowest BCUT2D eigenvalue weighted by molar-refractivity contribution is -0.138. The zero-order chi connectivity index (χ0) is 42.0. The van der Waals surface area contributed by atoms with Crippen molar-refractivity contribution in [2.75, 3.05) is 50.7 Å². The maximum atomic E-state index is 16.2. The van der Waals surface area contributed by atoms with Gasteiger partial charge in [-0.15, -0.1) is 11.3 Å². The molecule has 60 heavy (non-hydrogen) atoms. The van der Waals surface area contributed by atoms with E-state index in [2.05, 4.69) is 30.1 Å². The van der Waals surface area contributed by atoms with Crippen LogP contribution in [0.3, 0.4) is 0 Å². The van der Waals surface area contributed by atoms with Gasteiger partial charge in [0.1, 0.15) is 23.2 Å². The summed E-state index contributed by atoms with van der Waals surface area (Å²) in [6.45, 7) is 7.64. The van der Waals surface area contributed by atoms with Gasteiger partial charge in [-0.25, -0.2) is 37.9 Å². The fourth-order valence-electron chi connectivity index (χ4n) is 9.38.